The van der Waals surface area contributed by atoms with Gasteiger partial charge in [0.2, 0.25) is 5.78 Å². The smallest absolute Gasteiger partial charge is 0.296 e. The highest BCUT2D eigenvalue weighted by atomic mass is 32.1. The van der Waals surface area contributed by atoms with Crippen molar-refractivity contribution >= 4 is 49.3 Å². The molecule has 11 heteroatoms. The summed E-state index contributed by atoms with van der Waals surface area (Å²) < 4.78 is 28.3. The molecule has 10 nitrogen and oxygen atoms in total. The number of amides is 1. The van der Waals surface area contributed by atoms with Gasteiger partial charge in [-0.25, -0.2) is 4.98 Å². The van der Waals surface area contributed by atoms with Gasteiger partial charge in [0.25, 0.3) is 5.91 Å². The van der Waals surface area contributed by atoms with E-state index in [0.29, 0.717) is 50.2 Å². The Morgan fingerprint density at radius 3 is 2.44 bits per heavy atom. The Morgan fingerprint density at radius 2 is 1.71 bits per heavy atom. The highest BCUT2D eigenvalue weighted by Gasteiger charge is 2.47. The van der Waals surface area contributed by atoms with Gasteiger partial charge in [-0.2, -0.15) is 0 Å². The molecule has 0 aliphatic carbocycles. The van der Waals surface area contributed by atoms with E-state index in [0.717, 1.165) is 4.70 Å². The number of benzene rings is 3. The second-order valence-electron chi connectivity index (χ2n) is 9.10. The molecule has 5 aromatic rings. The van der Waals surface area contributed by atoms with Gasteiger partial charge in [0.1, 0.15) is 5.75 Å². The molecule has 1 aliphatic heterocycles. The van der Waals surface area contributed by atoms with Crippen LogP contribution >= 0.6 is 11.3 Å². The number of thiazole rings is 1. The lowest BCUT2D eigenvalue weighted by Gasteiger charge is -2.25. The van der Waals surface area contributed by atoms with E-state index < -0.39 is 23.5 Å². The van der Waals surface area contributed by atoms with Gasteiger partial charge in [-0.1, -0.05) is 29.5 Å². The molecule has 1 atom stereocenters. The van der Waals surface area contributed by atoms with Crippen LogP contribution in [0.1, 0.15) is 22.2 Å². The predicted molar refractivity (Wildman–Crippen MR) is 153 cm³/mol. The van der Waals surface area contributed by atoms with E-state index in [9.17, 15) is 14.7 Å². The molecule has 0 saturated carbocycles. The summed E-state index contributed by atoms with van der Waals surface area (Å²) >= 11 is 1.23. The van der Waals surface area contributed by atoms with Crippen molar-refractivity contribution in [3.63, 3.8) is 0 Å². The molecule has 208 valence electrons. The van der Waals surface area contributed by atoms with Crippen LogP contribution in [0.4, 0.5) is 5.13 Å². The maximum Gasteiger partial charge on any atom is 0.296 e. The normalized spacial score (nSPS) is 15.2. The SMILES string of the molecule is COc1ccc2nc(N3C(=O)C(O)=C(C(=O)c4cc5cccc(OC)c5o4)C3c3ccc(OC)c(OC)c3)sc2c1. The van der Waals surface area contributed by atoms with E-state index in [4.69, 9.17) is 23.4 Å². The largest absolute Gasteiger partial charge is 0.503 e. The van der Waals surface area contributed by atoms with E-state index in [-0.39, 0.29) is 11.3 Å². The number of rotatable bonds is 8. The number of ether oxygens (including phenoxy) is 4. The van der Waals surface area contributed by atoms with Crippen LogP contribution in [0.15, 0.2) is 76.4 Å². The number of anilines is 1. The summed E-state index contributed by atoms with van der Waals surface area (Å²) in [6.45, 7) is 0. The molecular formula is C30H24N2O8S. The Hall–Kier alpha value is -5.03. The second-order valence-corrected chi connectivity index (χ2v) is 10.1. The van der Waals surface area contributed by atoms with Gasteiger partial charge in [-0.05, 0) is 48.0 Å². The zero-order valence-corrected chi connectivity index (χ0v) is 23.3. The zero-order chi connectivity index (χ0) is 28.8. The fourth-order valence-electron chi connectivity index (χ4n) is 4.94. The van der Waals surface area contributed by atoms with Crippen LogP contribution in [0.3, 0.4) is 0 Å². The second kappa shape index (κ2) is 10.2. The maximum absolute atomic E-state index is 14.0. The van der Waals surface area contributed by atoms with Crippen molar-refractivity contribution in [1.82, 2.24) is 4.98 Å². The summed E-state index contributed by atoms with van der Waals surface area (Å²) in [5.41, 5.74) is 1.35. The fourth-order valence-corrected chi connectivity index (χ4v) is 5.96. The number of furan rings is 1. The van der Waals surface area contributed by atoms with Crippen LogP contribution in [-0.2, 0) is 4.79 Å². The summed E-state index contributed by atoms with van der Waals surface area (Å²) in [6, 6.07) is 16.2. The monoisotopic (exact) mass is 572 g/mol. The Bertz CT molecular complexity index is 1870. The summed E-state index contributed by atoms with van der Waals surface area (Å²) in [4.78, 5) is 33.7. The first-order valence-corrected chi connectivity index (χ1v) is 13.2. The van der Waals surface area contributed by atoms with Gasteiger partial charge in [0, 0.05) is 5.39 Å². The Morgan fingerprint density at radius 1 is 0.927 bits per heavy atom. The molecule has 3 aromatic carbocycles. The topological polar surface area (TPSA) is 121 Å². The van der Waals surface area contributed by atoms with Crippen molar-refractivity contribution in [1.29, 1.82) is 0 Å². The number of aliphatic hydroxyl groups excluding tert-OH is 1. The third-order valence-electron chi connectivity index (χ3n) is 6.92. The van der Waals surface area contributed by atoms with Gasteiger partial charge < -0.3 is 28.5 Å². The van der Waals surface area contributed by atoms with E-state index in [1.54, 1.807) is 61.7 Å². The van der Waals surface area contributed by atoms with E-state index in [1.807, 2.05) is 6.07 Å². The third kappa shape index (κ3) is 4.21. The van der Waals surface area contributed by atoms with Crippen LogP contribution in [0.25, 0.3) is 21.2 Å². The van der Waals surface area contributed by atoms with Crippen molar-refractivity contribution in [3.05, 3.63) is 83.3 Å². The number of fused-ring (bicyclic) bond motifs is 2. The number of aliphatic hydroxyl groups is 1. The minimum absolute atomic E-state index is 0.0554. The Balaban J connectivity index is 1.52. The summed E-state index contributed by atoms with van der Waals surface area (Å²) in [5, 5.41) is 12.1. The van der Waals surface area contributed by atoms with Gasteiger partial charge in [0.15, 0.2) is 39.5 Å². The molecular weight excluding hydrogens is 548 g/mol. The fraction of sp³-hybridized carbons (Fsp3) is 0.167. The van der Waals surface area contributed by atoms with Crippen molar-refractivity contribution in [2.24, 2.45) is 0 Å². The third-order valence-corrected chi connectivity index (χ3v) is 7.94. The van der Waals surface area contributed by atoms with Crippen LogP contribution < -0.4 is 23.8 Å². The number of Topliss-reactive ketones (excluding diaryl/α,β-unsaturated/α-hetero) is 1. The molecule has 41 heavy (non-hydrogen) atoms. The highest BCUT2D eigenvalue weighted by molar-refractivity contribution is 7.22. The minimum atomic E-state index is -1.05. The molecule has 0 spiro atoms. The lowest BCUT2D eigenvalue weighted by molar-refractivity contribution is -0.117. The number of hydrogen-bond acceptors (Lipinski definition) is 10. The molecule has 6 rings (SSSR count). The first kappa shape index (κ1) is 26.2. The van der Waals surface area contributed by atoms with Gasteiger partial charge in [-0.3, -0.25) is 14.5 Å². The molecule has 1 aliphatic rings. The zero-order valence-electron chi connectivity index (χ0n) is 22.5. The summed E-state index contributed by atoms with van der Waals surface area (Å²) in [6.07, 6.45) is 0. The minimum Gasteiger partial charge on any atom is -0.503 e. The predicted octanol–water partition coefficient (Wildman–Crippen LogP) is 5.86. The number of para-hydroxylation sites is 1. The molecule has 0 fully saturated rings. The standard InChI is InChI=1S/C30H24N2O8S/c1-36-17-9-10-18-23(14-17)41-30(31-18)32-25(15-8-11-19(37-2)21(12-15)39-4)24(27(34)29(32)35)26(33)22-13-16-6-5-7-20(38-3)28(16)40-22/h5-14,25,34H,1-4H3. The summed E-state index contributed by atoms with van der Waals surface area (Å²) in [5.74, 6) is -0.242. The lowest BCUT2D eigenvalue weighted by Crippen LogP contribution is -2.31. The van der Waals surface area contributed by atoms with E-state index in [1.165, 1.54) is 37.6 Å². The molecule has 0 bridgehead atoms. The number of ketones is 1. The Kier molecular flexibility index (Phi) is 6.50. The quantitative estimate of drug-likeness (QED) is 0.228. The molecule has 1 N–H and O–H groups in total. The highest BCUT2D eigenvalue weighted by Crippen LogP contribution is 2.46. The van der Waals surface area contributed by atoms with Crippen LogP contribution in [0.5, 0.6) is 23.0 Å². The molecule has 2 aromatic heterocycles. The van der Waals surface area contributed by atoms with Crippen LogP contribution in [0.2, 0.25) is 0 Å². The average Bonchev–Trinajstić information content (AvgIpc) is 3.69. The number of hydrogen-bond donors (Lipinski definition) is 1. The summed E-state index contributed by atoms with van der Waals surface area (Å²) in [7, 11) is 6.06. The lowest BCUT2D eigenvalue weighted by atomic mass is 9.95. The maximum atomic E-state index is 14.0. The number of carbonyl (C=O) groups is 2. The van der Waals surface area contributed by atoms with Crippen LogP contribution in [-0.4, -0.2) is 50.2 Å². The van der Waals surface area contributed by atoms with E-state index >= 15 is 0 Å². The molecule has 0 radical (unpaired) electrons. The van der Waals surface area contributed by atoms with Crippen molar-refractivity contribution in [2.45, 2.75) is 6.04 Å². The van der Waals surface area contributed by atoms with Gasteiger partial charge in [0.05, 0.1) is 50.3 Å². The van der Waals surface area contributed by atoms with E-state index in [2.05, 4.69) is 4.98 Å². The Labute approximate surface area is 237 Å². The van der Waals surface area contributed by atoms with Gasteiger partial charge >= 0.3 is 0 Å². The number of methoxy groups -OCH3 is 4. The van der Waals surface area contributed by atoms with Crippen molar-refractivity contribution in [3.8, 4) is 23.0 Å². The molecule has 0 saturated heterocycles. The van der Waals surface area contributed by atoms with Crippen LogP contribution in [0, 0.1) is 0 Å². The number of carbonyl (C=O) groups excluding carboxylic acids is 2. The van der Waals surface area contributed by atoms with Crippen molar-refractivity contribution in [2.75, 3.05) is 33.3 Å². The van der Waals surface area contributed by atoms with Crippen molar-refractivity contribution < 1.29 is 38.1 Å². The average molecular weight is 573 g/mol. The number of aromatic nitrogens is 1. The first-order chi connectivity index (χ1) is 19.9. The first-order valence-electron chi connectivity index (χ1n) is 12.4. The number of nitrogens with zero attached hydrogens (tertiary/aromatic N) is 2. The molecule has 3 heterocycles. The molecule has 1 unspecified atom stereocenters. The molecule has 1 amide bonds. The van der Waals surface area contributed by atoms with Gasteiger partial charge in [-0.15, -0.1) is 0 Å².